The van der Waals surface area contributed by atoms with Crippen molar-refractivity contribution >= 4 is 0 Å². The van der Waals surface area contributed by atoms with Crippen molar-refractivity contribution in [1.29, 1.82) is 0 Å². The lowest BCUT2D eigenvalue weighted by molar-refractivity contribution is -0.190. The topological polar surface area (TPSA) is 85.8 Å². The number of aromatic amines is 1. The third-order valence-electron chi connectivity index (χ3n) is 4.11. The number of ether oxygens (including phenoxy) is 2. The molecular weight excluding hydrogens is 290 g/mol. The lowest BCUT2D eigenvalue weighted by atomic mass is 10.1. The quantitative estimate of drug-likeness (QED) is 0.835. The Morgan fingerprint density at radius 1 is 1.36 bits per heavy atom. The summed E-state index contributed by atoms with van der Waals surface area (Å²) in [7, 11) is 1.81. The maximum absolute atomic E-state index is 12.0. The van der Waals surface area contributed by atoms with Crippen LogP contribution in [0.25, 0.3) is 0 Å². The summed E-state index contributed by atoms with van der Waals surface area (Å²) in [6.07, 6.45) is 1.51. The Balaban J connectivity index is 1.81. The van der Waals surface area contributed by atoms with E-state index < -0.39 is 17.7 Å². The van der Waals surface area contributed by atoms with E-state index in [2.05, 4.69) is 4.98 Å². The van der Waals surface area contributed by atoms with Crippen molar-refractivity contribution < 1.29 is 14.3 Å². The Hall–Kier alpha value is -1.48. The lowest BCUT2D eigenvalue weighted by Crippen LogP contribution is -2.38. The predicted molar refractivity (Wildman–Crippen MR) is 77.3 cm³/mol. The molecule has 2 aliphatic rings. The average Bonchev–Trinajstić information content (AvgIpc) is 2.96. The zero-order valence-electron chi connectivity index (χ0n) is 13.2. The summed E-state index contributed by atoms with van der Waals surface area (Å²) in [6.45, 7) is 5.88. The van der Waals surface area contributed by atoms with Gasteiger partial charge < -0.3 is 9.47 Å². The Bertz CT molecular complexity index is 680. The van der Waals surface area contributed by atoms with Gasteiger partial charge >= 0.3 is 5.69 Å². The lowest BCUT2D eigenvalue weighted by Gasteiger charge is -2.23. The number of hydrogen-bond donors (Lipinski definition) is 1. The van der Waals surface area contributed by atoms with Gasteiger partial charge in [0.2, 0.25) is 0 Å². The SMILES string of the molecule is Cc1cn([C@H]2C[C@@H]([C@H]3COC(C)(C)O3)N(C)O2)c(=O)[nH]c1=O. The fourth-order valence-electron chi connectivity index (χ4n) is 2.92. The molecule has 22 heavy (non-hydrogen) atoms. The molecule has 3 heterocycles. The zero-order chi connectivity index (χ0) is 16.1. The number of nitrogens with one attached hydrogen (secondary N) is 1. The van der Waals surface area contributed by atoms with Crippen LogP contribution in [0.15, 0.2) is 15.8 Å². The van der Waals surface area contributed by atoms with E-state index in [-0.39, 0.29) is 17.7 Å². The first-order valence-corrected chi connectivity index (χ1v) is 7.30. The van der Waals surface area contributed by atoms with E-state index in [1.807, 2.05) is 20.9 Å². The molecule has 1 N–H and O–H groups in total. The molecule has 3 rings (SSSR count). The third-order valence-corrected chi connectivity index (χ3v) is 4.11. The van der Waals surface area contributed by atoms with Gasteiger partial charge in [-0.25, -0.2) is 4.79 Å². The highest BCUT2D eigenvalue weighted by Gasteiger charge is 2.44. The molecule has 0 unspecified atom stereocenters. The number of aromatic nitrogens is 2. The standard InChI is InChI=1S/C14H21N3O5/c1-8-6-17(13(19)15-12(8)18)11-5-9(16(4)22-11)10-7-20-14(2,3)21-10/h6,9-11H,5,7H2,1-4H3,(H,15,18,19)/t9-,10+,11+/m0/s1. The fraction of sp³-hybridized carbons (Fsp3) is 0.714. The highest BCUT2D eigenvalue weighted by molar-refractivity contribution is 5.02. The van der Waals surface area contributed by atoms with Crippen LogP contribution in [-0.2, 0) is 14.3 Å². The van der Waals surface area contributed by atoms with E-state index in [0.717, 1.165) is 0 Å². The number of aryl methyl sites for hydroxylation is 1. The molecule has 0 radical (unpaired) electrons. The molecular formula is C14H21N3O5. The molecule has 8 nitrogen and oxygen atoms in total. The normalized spacial score (nSPS) is 31.7. The Kier molecular flexibility index (Phi) is 3.72. The van der Waals surface area contributed by atoms with Crippen molar-refractivity contribution in [3.8, 4) is 0 Å². The van der Waals surface area contributed by atoms with Crippen molar-refractivity contribution in [3.63, 3.8) is 0 Å². The maximum atomic E-state index is 12.0. The van der Waals surface area contributed by atoms with E-state index >= 15 is 0 Å². The molecule has 8 heteroatoms. The number of hydroxylamine groups is 2. The minimum Gasteiger partial charge on any atom is -0.348 e. The molecule has 2 fully saturated rings. The Morgan fingerprint density at radius 2 is 2.09 bits per heavy atom. The van der Waals surface area contributed by atoms with Crippen LogP contribution in [0.2, 0.25) is 0 Å². The highest BCUT2D eigenvalue weighted by Crippen LogP contribution is 2.34. The van der Waals surface area contributed by atoms with Crippen LogP contribution in [0.1, 0.15) is 32.1 Å². The van der Waals surface area contributed by atoms with Gasteiger partial charge in [-0.15, -0.1) is 0 Å². The van der Waals surface area contributed by atoms with E-state index in [9.17, 15) is 9.59 Å². The van der Waals surface area contributed by atoms with Gasteiger partial charge in [0.25, 0.3) is 5.56 Å². The molecule has 1 aromatic heterocycles. The average molecular weight is 311 g/mol. The van der Waals surface area contributed by atoms with Crippen molar-refractivity contribution in [2.24, 2.45) is 0 Å². The highest BCUT2D eigenvalue weighted by atomic mass is 16.8. The minimum atomic E-state index is -0.602. The zero-order valence-corrected chi connectivity index (χ0v) is 13.2. The van der Waals surface area contributed by atoms with E-state index in [1.165, 1.54) is 10.8 Å². The van der Waals surface area contributed by atoms with Gasteiger partial charge in [-0.2, -0.15) is 5.06 Å². The Labute approximate surface area is 127 Å². The van der Waals surface area contributed by atoms with E-state index in [1.54, 1.807) is 12.0 Å². The molecule has 3 atom stereocenters. The second-order valence-electron chi connectivity index (χ2n) is 6.26. The van der Waals surface area contributed by atoms with E-state index in [4.69, 9.17) is 14.3 Å². The van der Waals surface area contributed by atoms with Gasteiger partial charge in [-0.1, -0.05) is 0 Å². The molecule has 0 amide bonds. The van der Waals surface area contributed by atoms with Crippen molar-refractivity contribution in [2.75, 3.05) is 13.7 Å². The minimum absolute atomic E-state index is 0.0223. The largest absolute Gasteiger partial charge is 0.348 e. The number of likely N-dealkylation sites (N-methyl/N-ethyl adjacent to an activating group) is 1. The second-order valence-corrected chi connectivity index (χ2v) is 6.26. The molecule has 0 spiro atoms. The van der Waals surface area contributed by atoms with Crippen LogP contribution in [0.5, 0.6) is 0 Å². The van der Waals surface area contributed by atoms with Crippen molar-refractivity contribution in [3.05, 3.63) is 32.6 Å². The molecule has 0 saturated carbocycles. The number of H-pyrrole nitrogens is 1. The monoisotopic (exact) mass is 311 g/mol. The Morgan fingerprint density at radius 3 is 2.73 bits per heavy atom. The van der Waals surface area contributed by atoms with Crippen molar-refractivity contribution in [2.45, 2.75) is 51.4 Å². The molecule has 2 saturated heterocycles. The molecule has 0 aliphatic carbocycles. The molecule has 122 valence electrons. The van der Waals surface area contributed by atoms with E-state index in [0.29, 0.717) is 18.6 Å². The smallest absolute Gasteiger partial charge is 0.330 e. The van der Waals surface area contributed by atoms with Gasteiger partial charge in [-0.05, 0) is 20.8 Å². The van der Waals surface area contributed by atoms with Gasteiger partial charge in [0, 0.05) is 25.2 Å². The van der Waals surface area contributed by atoms with Gasteiger partial charge in [0.1, 0.15) is 6.10 Å². The van der Waals surface area contributed by atoms with Crippen molar-refractivity contribution in [1.82, 2.24) is 14.6 Å². The first-order chi connectivity index (χ1) is 10.3. The molecule has 1 aromatic rings. The van der Waals surface area contributed by atoms with Crippen LogP contribution in [0.3, 0.4) is 0 Å². The van der Waals surface area contributed by atoms with Crippen LogP contribution >= 0.6 is 0 Å². The summed E-state index contributed by atoms with van der Waals surface area (Å²) in [5.74, 6) is -0.602. The summed E-state index contributed by atoms with van der Waals surface area (Å²) in [4.78, 5) is 31.5. The first kappa shape index (κ1) is 15.4. The third kappa shape index (κ3) is 2.74. The summed E-state index contributed by atoms with van der Waals surface area (Å²) >= 11 is 0. The van der Waals surface area contributed by atoms with Gasteiger partial charge in [0.15, 0.2) is 12.0 Å². The fourth-order valence-corrected chi connectivity index (χ4v) is 2.92. The molecule has 2 aliphatic heterocycles. The van der Waals surface area contributed by atoms with Crippen LogP contribution in [-0.4, -0.2) is 46.2 Å². The number of nitrogens with zero attached hydrogens (tertiary/aromatic N) is 2. The first-order valence-electron chi connectivity index (χ1n) is 7.30. The maximum Gasteiger partial charge on any atom is 0.330 e. The van der Waals surface area contributed by atoms with Crippen LogP contribution in [0, 0.1) is 6.92 Å². The number of hydrogen-bond acceptors (Lipinski definition) is 6. The summed E-state index contributed by atoms with van der Waals surface area (Å²) in [6, 6.07) is -0.0223. The van der Waals surface area contributed by atoms with Crippen LogP contribution < -0.4 is 11.2 Å². The number of rotatable bonds is 2. The summed E-state index contributed by atoms with van der Waals surface area (Å²) in [5, 5.41) is 1.70. The summed E-state index contributed by atoms with van der Waals surface area (Å²) < 4.78 is 12.9. The van der Waals surface area contributed by atoms with Crippen LogP contribution in [0.4, 0.5) is 0 Å². The van der Waals surface area contributed by atoms with Gasteiger partial charge in [0.05, 0.1) is 12.6 Å². The predicted octanol–water partition coefficient (Wildman–Crippen LogP) is 0.131. The molecule has 0 bridgehead atoms. The van der Waals surface area contributed by atoms with Gasteiger partial charge in [-0.3, -0.25) is 19.2 Å². The molecule has 0 aromatic carbocycles. The summed E-state index contributed by atoms with van der Waals surface area (Å²) in [5.41, 5.74) is -0.382. The second kappa shape index (κ2) is 5.31.